The molecule has 0 N–H and O–H groups in total. The van der Waals surface area contributed by atoms with Gasteiger partial charge in [0.15, 0.2) is 5.75 Å². The first kappa shape index (κ1) is 15.0. The summed E-state index contributed by atoms with van der Waals surface area (Å²) in [5.74, 6) is 1.04. The van der Waals surface area contributed by atoms with Crippen LogP contribution in [0.4, 0.5) is 5.69 Å². The van der Waals surface area contributed by atoms with E-state index in [9.17, 15) is 10.1 Å². The Morgan fingerprint density at radius 1 is 1.33 bits per heavy atom. The van der Waals surface area contributed by atoms with Crippen molar-refractivity contribution >= 4 is 21.6 Å². The largest absolute Gasteiger partial charge is 0.490 e. The Kier molecular flexibility index (Phi) is 5.14. The van der Waals surface area contributed by atoms with Crippen LogP contribution >= 0.6 is 15.9 Å². The maximum Gasteiger partial charge on any atom is 0.310 e. The lowest BCUT2D eigenvalue weighted by atomic mass is 9.86. The minimum atomic E-state index is -0.426. The molecule has 0 aromatic heterocycles. The van der Waals surface area contributed by atoms with Crippen LogP contribution in [0.3, 0.4) is 0 Å². The van der Waals surface area contributed by atoms with E-state index in [0.717, 1.165) is 5.56 Å². The van der Waals surface area contributed by atoms with E-state index in [0.29, 0.717) is 22.4 Å². The molecule has 0 bridgehead atoms. The number of benzene rings is 1. The fraction of sp³-hybridized carbons (Fsp3) is 0.538. The van der Waals surface area contributed by atoms with Gasteiger partial charge in [-0.05, 0) is 23.5 Å². The number of halogens is 1. The molecular formula is C13H18BrNO3. The first-order valence-electron chi connectivity index (χ1n) is 5.84. The summed E-state index contributed by atoms with van der Waals surface area (Å²) in [6.07, 6.45) is 0. The van der Waals surface area contributed by atoms with Crippen molar-refractivity contribution in [2.75, 3.05) is 7.11 Å². The van der Waals surface area contributed by atoms with E-state index in [1.165, 1.54) is 13.2 Å². The maximum atomic E-state index is 10.8. The summed E-state index contributed by atoms with van der Waals surface area (Å²) in [6.45, 7) is 6.35. The predicted octanol–water partition coefficient (Wildman–Crippen LogP) is 4.13. The van der Waals surface area contributed by atoms with Crippen LogP contribution in [0.2, 0.25) is 0 Å². The number of nitro groups is 1. The van der Waals surface area contributed by atoms with Crippen molar-refractivity contribution in [1.82, 2.24) is 0 Å². The molecule has 0 radical (unpaired) electrons. The highest BCUT2D eigenvalue weighted by Crippen LogP contribution is 2.36. The van der Waals surface area contributed by atoms with Crippen molar-refractivity contribution in [3.8, 4) is 5.75 Å². The second-order valence-electron chi connectivity index (χ2n) is 4.64. The average Bonchev–Trinajstić information content (AvgIpc) is 2.27. The summed E-state index contributed by atoms with van der Waals surface area (Å²) in [6, 6.07) is 5.09. The third-order valence-corrected chi connectivity index (χ3v) is 3.57. The van der Waals surface area contributed by atoms with E-state index >= 15 is 0 Å². The molecule has 100 valence electrons. The molecule has 5 heteroatoms. The number of rotatable bonds is 5. The highest BCUT2D eigenvalue weighted by Gasteiger charge is 2.24. The zero-order chi connectivity index (χ0) is 13.9. The van der Waals surface area contributed by atoms with Gasteiger partial charge in [0.25, 0.3) is 0 Å². The lowest BCUT2D eigenvalue weighted by molar-refractivity contribution is -0.385. The normalized spacial score (nSPS) is 14.3. The van der Waals surface area contributed by atoms with Gasteiger partial charge in [0.05, 0.1) is 12.0 Å². The Bertz CT molecular complexity index is 424. The molecule has 0 amide bonds. The Labute approximate surface area is 116 Å². The van der Waals surface area contributed by atoms with E-state index in [1.807, 2.05) is 6.07 Å². The molecule has 0 aliphatic heterocycles. The number of methoxy groups -OCH3 is 1. The average molecular weight is 316 g/mol. The summed E-state index contributed by atoms with van der Waals surface area (Å²) in [7, 11) is 1.45. The minimum Gasteiger partial charge on any atom is -0.490 e. The molecule has 1 rings (SSSR count). The van der Waals surface area contributed by atoms with Crippen molar-refractivity contribution in [1.29, 1.82) is 0 Å². The summed E-state index contributed by atoms with van der Waals surface area (Å²) in [5.41, 5.74) is 1.06. The van der Waals surface area contributed by atoms with Crippen LogP contribution in [0.15, 0.2) is 18.2 Å². The second kappa shape index (κ2) is 6.18. The highest BCUT2D eigenvalue weighted by atomic mass is 79.9. The third kappa shape index (κ3) is 3.22. The Hall–Kier alpha value is -1.10. The van der Waals surface area contributed by atoms with Gasteiger partial charge in [-0.25, -0.2) is 0 Å². The van der Waals surface area contributed by atoms with Gasteiger partial charge in [0.1, 0.15) is 0 Å². The number of nitro benzene ring substituents is 1. The summed E-state index contributed by atoms with van der Waals surface area (Å²) >= 11 is 3.60. The monoisotopic (exact) mass is 315 g/mol. The molecule has 0 aliphatic carbocycles. The van der Waals surface area contributed by atoms with E-state index in [-0.39, 0.29) is 5.69 Å². The molecule has 0 heterocycles. The van der Waals surface area contributed by atoms with Crippen molar-refractivity contribution < 1.29 is 9.66 Å². The Morgan fingerprint density at radius 3 is 2.33 bits per heavy atom. The molecule has 0 fully saturated rings. The SMILES string of the molecule is COc1cc(C(C(C)C)C(C)Br)ccc1[N+](=O)[O-]. The fourth-order valence-electron chi connectivity index (χ4n) is 2.23. The molecule has 2 unspecified atom stereocenters. The van der Waals surface area contributed by atoms with Gasteiger partial charge in [-0.2, -0.15) is 0 Å². The third-order valence-electron chi connectivity index (χ3n) is 3.00. The minimum absolute atomic E-state index is 0.00554. The van der Waals surface area contributed by atoms with Gasteiger partial charge in [-0.15, -0.1) is 0 Å². The summed E-state index contributed by atoms with van der Waals surface area (Å²) in [5, 5.41) is 10.8. The van der Waals surface area contributed by atoms with Crippen LogP contribution in [-0.2, 0) is 0 Å². The van der Waals surface area contributed by atoms with E-state index in [2.05, 4.69) is 36.7 Å². The number of hydrogen-bond acceptors (Lipinski definition) is 3. The lowest BCUT2D eigenvalue weighted by Gasteiger charge is -2.24. The lowest BCUT2D eigenvalue weighted by Crippen LogP contribution is -2.15. The van der Waals surface area contributed by atoms with Crippen molar-refractivity contribution in [2.24, 2.45) is 5.92 Å². The van der Waals surface area contributed by atoms with Crippen LogP contribution in [0.5, 0.6) is 5.75 Å². The summed E-state index contributed by atoms with van der Waals surface area (Å²) < 4.78 is 5.10. The van der Waals surface area contributed by atoms with Crippen LogP contribution in [0, 0.1) is 16.0 Å². The van der Waals surface area contributed by atoms with Gasteiger partial charge >= 0.3 is 5.69 Å². The summed E-state index contributed by atoms with van der Waals surface area (Å²) in [4.78, 5) is 10.7. The number of nitrogens with zero attached hydrogens (tertiary/aromatic N) is 1. The molecule has 18 heavy (non-hydrogen) atoms. The van der Waals surface area contributed by atoms with Gasteiger partial charge in [0, 0.05) is 10.9 Å². The molecule has 0 aliphatic rings. The number of ether oxygens (including phenoxy) is 1. The van der Waals surface area contributed by atoms with Crippen molar-refractivity contribution in [3.05, 3.63) is 33.9 Å². The molecule has 1 aromatic rings. The van der Waals surface area contributed by atoms with E-state index in [1.54, 1.807) is 6.07 Å². The first-order chi connectivity index (χ1) is 8.38. The van der Waals surface area contributed by atoms with Crippen LogP contribution in [0.25, 0.3) is 0 Å². The van der Waals surface area contributed by atoms with Crippen molar-refractivity contribution in [2.45, 2.75) is 31.5 Å². The molecule has 0 saturated carbocycles. The van der Waals surface area contributed by atoms with Crippen LogP contribution in [0.1, 0.15) is 32.3 Å². The maximum absolute atomic E-state index is 10.8. The molecule has 1 aromatic carbocycles. The van der Waals surface area contributed by atoms with E-state index < -0.39 is 4.92 Å². The smallest absolute Gasteiger partial charge is 0.310 e. The second-order valence-corrected chi connectivity index (χ2v) is 6.08. The predicted molar refractivity (Wildman–Crippen MR) is 75.6 cm³/mol. The van der Waals surface area contributed by atoms with Gasteiger partial charge < -0.3 is 4.74 Å². The fourth-order valence-corrected chi connectivity index (χ4v) is 3.15. The Morgan fingerprint density at radius 2 is 1.94 bits per heavy atom. The highest BCUT2D eigenvalue weighted by molar-refractivity contribution is 9.09. The topological polar surface area (TPSA) is 52.4 Å². The van der Waals surface area contributed by atoms with Gasteiger partial charge in [-0.3, -0.25) is 10.1 Å². The number of hydrogen-bond donors (Lipinski definition) is 0. The van der Waals surface area contributed by atoms with Gasteiger partial charge in [0.2, 0.25) is 0 Å². The molecule has 0 spiro atoms. The Balaban J connectivity index is 3.22. The molecular weight excluding hydrogens is 298 g/mol. The van der Waals surface area contributed by atoms with E-state index in [4.69, 9.17) is 4.74 Å². The quantitative estimate of drug-likeness (QED) is 0.466. The zero-order valence-electron chi connectivity index (χ0n) is 11.0. The standard InChI is InChI=1S/C13H18BrNO3/c1-8(2)13(9(3)14)10-5-6-11(15(16)17)12(7-10)18-4/h5-9,13H,1-4H3. The zero-order valence-corrected chi connectivity index (χ0v) is 12.6. The van der Waals surface area contributed by atoms with Crippen LogP contribution in [-0.4, -0.2) is 16.9 Å². The van der Waals surface area contributed by atoms with Crippen LogP contribution < -0.4 is 4.74 Å². The first-order valence-corrected chi connectivity index (χ1v) is 6.76. The number of alkyl halides is 1. The molecule has 0 saturated heterocycles. The molecule has 2 atom stereocenters. The molecule has 4 nitrogen and oxygen atoms in total. The van der Waals surface area contributed by atoms with Crippen molar-refractivity contribution in [3.63, 3.8) is 0 Å². The van der Waals surface area contributed by atoms with Gasteiger partial charge in [-0.1, -0.05) is 42.8 Å².